The van der Waals surface area contributed by atoms with E-state index in [0.717, 1.165) is 69.8 Å². The maximum Gasteiger partial charge on any atom is 0.307 e. The lowest BCUT2D eigenvalue weighted by Crippen LogP contribution is -2.18. The van der Waals surface area contributed by atoms with Gasteiger partial charge in [-0.3, -0.25) is 9.59 Å². The lowest BCUT2D eigenvalue weighted by atomic mass is 10.1. The second-order valence-electron chi connectivity index (χ2n) is 8.21. The third-order valence-corrected chi connectivity index (χ3v) is 4.43. The quantitative estimate of drug-likeness (QED) is 0.170. The molecular formula is C25H42O4. The zero-order chi connectivity index (χ0) is 21.9. The van der Waals surface area contributed by atoms with Gasteiger partial charge < -0.3 is 9.47 Å². The second-order valence-corrected chi connectivity index (χ2v) is 8.21. The molecule has 0 saturated heterocycles. The molecule has 0 aromatic heterocycles. The smallest absolute Gasteiger partial charge is 0.307 e. The van der Waals surface area contributed by atoms with Crippen LogP contribution < -0.4 is 0 Å². The van der Waals surface area contributed by atoms with Gasteiger partial charge in [-0.1, -0.05) is 77.7 Å². The number of ether oxygens (including phenoxy) is 2. The number of hydrogen-bond acceptors (Lipinski definition) is 4. The van der Waals surface area contributed by atoms with Crippen molar-refractivity contribution in [2.75, 3.05) is 6.61 Å². The van der Waals surface area contributed by atoms with Gasteiger partial charge in [0, 0.05) is 12.8 Å². The first-order valence-corrected chi connectivity index (χ1v) is 11.4. The van der Waals surface area contributed by atoms with Crippen LogP contribution in [-0.2, 0) is 19.1 Å². The highest BCUT2D eigenvalue weighted by molar-refractivity contribution is 5.70. The van der Waals surface area contributed by atoms with Crippen LogP contribution in [0.2, 0.25) is 0 Å². The van der Waals surface area contributed by atoms with Gasteiger partial charge in [0.05, 0.1) is 6.61 Å². The summed E-state index contributed by atoms with van der Waals surface area (Å²) < 4.78 is 10.7. The van der Waals surface area contributed by atoms with E-state index in [0.29, 0.717) is 25.4 Å². The molecule has 0 saturated carbocycles. The molecule has 0 amide bonds. The van der Waals surface area contributed by atoms with E-state index in [4.69, 9.17) is 9.47 Å². The summed E-state index contributed by atoms with van der Waals surface area (Å²) in [5, 5.41) is 0. The SMILES string of the molecule is C=C(C)C#CC(CC(C)C)OC(=O)CCCCCCCCC(=O)OCCCCC. The van der Waals surface area contributed by atoms with Crippen molar-refractivity contribution in [2.45, 2.75) is 111 Å². The zero-order valence-electron chi connectivity index (χ0n) is 19.2. The summed E-state index contributed by atoms with van der Waals surface area (Å²) in [4.78, 5) is 23.6. The van der Waals surface area contributed by atoms with Gasteiger partial charge in [-0.05, 0) is 44.1 Å². The van der Waals surface area contributed by atoms with Gasteiger partial charge in [0.25, 0.3) is 0 Å². The van der Waals surface area contributed by atoms with Crippen molar-refractivity contribution in [3.05, 3.63) is 12.2 Å². The van der Waals surface area contributed by atoms with Crippen molar-refractivity contribution in [3.63, 3.8) is 0 Å². The molecule has 0 bridgehead atoms. The van der Waals surface area contributed by atoms with Gasteiger partial charge in [-0.15, -0.1) is 0 Å². The Balaban J connectivity index is 3.76. The van der Waals surface area contributed by atoms with Crippen LogP contribution in [0.15, 0.2) is 12.2 Å². The summed E-state index contributed by atoms with van der Waals surface area (Å²) in [5.41, 5.74) is 0.777. The molecule has 0 N–H and O–H groups in total. The van der Waals surface area contributed by atoms with E-state index < -0.39 is 0 Å². The van der Waals surface area contributed by atoms with Gasteiger partial charge in [0.1, 0.15) is 0 Å². The lowest BCUT2D eigenvalue weighted by Gasteiger charge is -2.14. The van der Waals surface area contributed by atoms with Gasteiger partial charge in [-0.25, -0.2) is 0 Å². The molecule has 1 atom stereocenters. The fourth-order valence-electron chi connectivity index (χ4n) is 2.84. The Labute approximate surface area is 178 Å². The molecular weight excluding hydrogens is 364 g/mol. The summed E-state index contributed by atoms with van der Waals surface area (Å²) in [7, 11) is 0. The number of rotatable bonds is 16. The van der Waals surface area contributed by atoms with Crippen molar-refractivity contribution < 1.29 is 19.1 Å². The summed E-state index contributed by atoms with van der Waals surface area (Å²) in [6.07, 6.45) is 10.5. The molecule has 0 fully saturated rings. The van der Waals surface area contributed by atoms with Crippen LogP contribution in [0.5, 0.6) is 0 Å². The number of carbonyl (C=O) groups is 2. The Bertz CT molecular complexity index is 525. The number of unbranched alkanes of at least 4 members (excludes halogenated alkanes) is 7. The summed E-state index contributed by atoms with van der Waals surface area (Å²) in [6.45, 7) is 12.5. The van der Waals surface area contributed by atoms with Gasteiger partial charge in [0.15, 0.2) is 6.10 Å². The topological polar surface area (TPSA) is 52.6 Å². The number of hydrogen-bond donors (Lipinski definition) is 0. The Morgan fingerprint density at radius 2 is 1.48 bits per heavy atom. The molecule has 0 aliphatic rings. The Kier molecular flexibility index (Phi) is 17.2. The first-order chi connectivity index (χ1) is 13.8. The molecule has 0 aromatic carbocycles. The van der Waals surface area contributed by atoms with E-state index in [1.54, 1.807) is 0 Å². The zero-order valence-corrected chi connectivity index (χ0v) is 19.2. The maximum absolute atomic E-state index is 12.1. The fraction of sp³-hybridized carbons (Fsp3) is 0.760. The Morgan fingerprint density at radius 3 is 2.03 bits per heavy atom. The van der Waals surface area contributed by atoms with Crippen molar-refractivity contribution in [2.24, 2.45) is 5.92 Å². The van der Waals surface area contributed by atoms with E-state index in [1.807, 2.05) is 6.92 Å². The van der Waals surface area contributed by atoms with E-state index in [-0.39, 0.29) is 18.0 Å². The average Bonchev–Trinajstić information content (AvgIpc) is 2.65. The van der Waals surface area contributed by atoms with Crippen LogP contribution in [-0.4, -0.2) is 24.6 Å². The summed E-state index contributed by atoms with van der Waals surface area (Å²) >= 11 is 0. The van der Waals surface area contributed by atoms with Crippen molar-refractivity contribution in [1.82, 2.24) is 0 Å². The summed E-state index contributed by atoms with van der Waals surface area (Å²) in [5.74, 6) is 6.10. The molecule has 0 rings (SSSR count). The highest BCUT2D eigenvalue weighted by Crippen LogP contribution is 2.12. The number of esters is 2. The first kappa shape index (κ1) is 27.2. The monoisotopic (exact) mass is 406 g/mol. The first-order valence-electron chi connectivity index (χ1n) is 11.4. The van der Waals surface area contributed by atoms with Crippen molar-refractivity contribution in [1.29, 1.82) is 0 Å². The predicted octanol–water partition coefficient (Wildman–Crippen LogP) is 6.38. The molecule has 0 aliphatic heterocycles. The van der Waals surface area contributed by atoms with Crippen LogP contribution in [0.25, 0.3) is 0 Å². The maximum atomic E-state index is 12.1. The van der Waals surface area contributed by atoms with E-state index in [1.165, 1.54) is 0 Å². The molecule has 4 nitrogen and oxygen atoms in total. The normalized spacial score (nSPS) is 11.5. The van der Waals surface area contributed by atoms with E-state index in [2.05, 4.69) is 39.2 Å². The molecule has 1 unspecified atom stereocenters. The van der Waals surface area contributed by atoms with E-state index >= 15 is 0 Å². The number of carbonyl (C=O) groups excluding carboxylic acids is 2. The minimum atomic E-state index is -0.346. The summed E-state index contributed by atoms with van der Waals surface area (Å²) in [6, 6.07) is 0. The van der Waals surface area contributed by atoms with Gasteiger partial charge >= 0.3 is 11.9 Å². The minimum absolute atomic E-state index is 0.0745. The van der Waals surface area contributed by atoms with Crippen LogP contribution >= 0.6 is 0 Å². The highest BCUT2D eigenvalue weighted by Gasteiger charge is 2.13. The third kappa shape index (κ3) is 19.3. The van der Waals surface area contributed by atoms with Crippen LogP contribution in [0.3, 0.4) is 0 Å². The fourth-order valence-corrected chi connectivity index (χ4v) is 2.84. The van der Waals surface area contributed by atoms with Crippen LogP contribution in [0.1, 0.15) is 105 Å². The molecule has 166 valence electrons. The molecule has 0 radical (unpaired) electrons. The molecule has 0 aliphatic carbocycles. The standard InChI is InChI=1S/C25H42O4/c1-6-7-14-19-28-24(26)15-12-10-8-9-11-13-16-25(27)29-23(20-22(4)5)18-17-21(2)3/h22-23H,2,6-16,19-20H2,1,3-5H3. The molecule has 29 heavy (non-hydrogen) atoms. The largest absolute Gasteiger partial charge is 0.466 e. The van der Waals surface area contributed by atoms with Crippen molar-refractivity contribution >= 4 is 11.9 Å². The Hall–Kier alpha value is -1.76. The average molecular weight is 407 g/mol. The predicted molar refractivity (Wildman–Crippen MR) is 119 cm³/mol. The highest BCUT2D eigenvalue weighted by atomic mass is 16.5. The molecule has 0 aromatic rings. The lowest BCUT2D eigenvalue weighted by molar-refractivity contribution is -0.147. The van der Waals surface area contributed by atoms with E-state index in [9.17, 15) is 9.59 Å². The number of allylic oxidation sites excluding steroid dienone is 1. The van der Waals surface area contributed by atoms with Crippen LogP contribution in [0.4, 0.5) is 0 Å². The third-order valence-electron chi connectivity index (χ3n) is 4.43. The van der Waals surface area contributed by atoms with Crippen molar-refractivity contribution in [3.8, 4) is 11.8 Å². The van der Waals surface area contributed by atoms with Crippen LogP contribution in [0, 0.1) is 17.8 Å². The molecule has 0 heterocycles. The van der Waals surface area contributed by atoms with Gasteiger partial charge in [-0.2, -0.15) is 0 Å². The molecule has 0 spiro atoms. The van der Waals surface area contributed by atoms with Gasteiger partial charge in [0.2, 0.25) is 0 Å². The Morgan fingerprint density at radius 1 is 0.897 bits per heavy atom. The molecule has 4 heteroatoms. The second kappa shape index (κ2) is 18.3. The minimum Gasteiger partial charge on any atom is -0.466 e.